The van der Waals surface area contributed by atoms with Gasteiger partial charge in [-0.1, -0.05) is 6.07 Å². The molecule has 0 atom stereocenters. The highest BCUT2D eigenvalue weighted by molar-refractivity contribution is 6.04. The summed E-state index contributed by atoms with van der Waals surface area (Å²) in [5, 5.41) is 2.43. The molecule has 1 N–H and O–H groups in total. The number of carbonyl (C=O) groups excluding carboxylic acids is 1. The summed E-state index contributed by atoms with van der Waals surface area (Å²) in [6.45, 7) is 1.63. The summed E-state index contributed by atoms with van der Waals surface area (Å²) in [6, 6.07) is 4.44. The summed E-state index contributed by atoms with van der Waals surface area (Å²) in [7, 11) is 3.52. The van der Waals surface area contributed by atoms with Crippen LogP contribution in [0.1, 0.15) is 21.6 Å². The van der Waals surface area contributed by atoms with Crippen LogP contribution in [-0.4, -0.2) is 30.0 Å². The molecule has 0 unspecified atom stereocenters. The maximum absolute atomic E-state index is 12.7. The zero-order valence-electron chi connectivity index (χ0n) is 12.8. The van der Waals surface area contributed by atoms with Crippen LogP contribution >= 0.6 is 0 Å². The van der Waals surface area contributed by atoms with E-state index in [4.69, 9.17) is 0 Å². The van der Waals surface area contributed by atoms with Crippen molar-refractivity contribution in [2.45, 2.75) is 13.1 Å². The lowest BCUT2D eigenvalue weighted by Crippen LogP contribution is -2.18. The summed E-state index contributed by atoms with van der Waals surface area (Å²) in [5.74, 6) is -0.120. The number of nitrogens with zero attached hydrogens (tertiary/aromatic N) is 3. The second-order valence-electron chi connectivity index (χ2n) is 5.10. The molecular formula is C15H15F3N4O. The lowest BCUT2D eigenvalue weighted by molar-refractivity contribution is -0.137. The minimum atomic E-state index is -4.47. The van der Waals surface area contributed by atoms with Gasteiger partial charge in [-0.2, -0.15) is 13.2 Å². The van der Waals surface area contributed by atoms with Gasteiger partial charge in [-0.3, -0.25) is 4.79 Å². The third kappa shape index (κ3) is 3.97. The lowest BCUT2D eigenvalue weighted by atomic mass is 10.1. The molecule has 5 nitrogen and oxygen atoms in total. The number of benzene rings is 1. The summed E-state index contributed by atoms with van der Waals surface area (Å²) in [5.41, 5.74) is -0.131. The standard InChI is InChI=1S/C15H15F3N4O/c1-9-12(8-19-14(20-9)22(2)3)13(23)21-11-6-4-5-10(7-11)15(16,17)18/h4-8H,1-3H3,(H,21,23). The Balaban J connectivity index is 2.23. The minimum Gasteiger partial charge on any atom is -0.347 e. The van der Waals surface area contributed by atoms with Gasteiger partial charge in [0.15, 0.2) is 0 Å². The van der Waals surface area contributed by atoms with Crippen molar-refractivity contribution < 1.29 is 18.0 Å². The smallest absolute Gasteiger partial charge is 0.347 e. The Morgan fingerprint density at radius 2 is 1.96 bits per heavy atom. The van der Waals surface area contributed by atoms with Crippen LogP contribution in [0.3, 0.4) is 0 Å². The zero-order chi connectivity index (χ0) is 17.2. The molecule has 1 amide bonds. The number of rotatable bonds is 3. The summed E-state index contributed by atoms with van der Waals surface area (Å²) in [6.07, 6.45) is -3.12. The predicted molar refractivity (Wildman–Crippen MR) is 80.5 cm³/mol. The highest BCUT2D eigenvalue weighted by Gasteiger charge is 2.30. The van der Waals surface area contributed by atoms with E-state index in [9.17, 15) is 18.0 Å². The Labute approximate surface area is 131 Å². The maximum atomic E-state index is 12.7. The van der Waals surface area contributed by atoms with E-state index in [1.807, 2.05) is 0 Å². The lowest BCUT2D eigenvalue weighted by Gasteiger charge is -2.13. The van der Waals surface area contributed by atoms with Gasteiger partial charge in [-0.05, 0) is 25.1 Å². The van der Waals surface area contributed by atoms with Crippen molar-refractivity contribution in [3.05, 3.63) is 47.3 Å². The van der Waals surface area contributed by atoms with E-state index in [1.54, 1.807) is 25.9 Å². The molecule has 1 aromatic carbocycles. The summed E-state index contributed by atoms with van der Waals surface area (Å²) < 4.78 is 38.0. The number of aryl methyl sites for hydroxylation is 1. The Bertz CT molecular complexity index is 729. The van der Waals surface area contributed by atoms with Crippen molar-refractivity contribution in [2.75, 3.05) is 24.3 Å². The number of carbonyl (C=O) groups is 1. The second-order valence-corrected chi connectivity index (χ2v) is 5.10. The van der Waals surface area contributed by atoms with E-state index in [-0.39, 0.29) is 11.3 Å². The SMILES string of the molecule is Cc1nc(N(C)C)ncc1C(=O)Nc1cccc(C(F)(F)F)c1. The molecule has 0 fully saturated rings. The van der Waals surface area contributed by atoms with Gasteiger partial charge in [-0.15, -0.1) is 0 Å². The first-order valence-electron chi connectivity index (χ1n) is 6.68. The quantitative estimate of drug-likeness (QED) is 0.942. The number of alkyl halides is 3. The number of hydrogen-bond donors (Lipinski definition) is 1. The Morgan fingerprint density at radius 3 is 2.52 bits per heavy atom. The molecule has 2 rings (SSSR count). The molecule has 0 saturated carbocycles. The van der Waals surface area contributed by atoms with E-state index in [2.05, 4.69) is 15.3 Å². The van der Waals surface area contributed by atoms with Gasteiger partial charge in [0.2, 0.25) is 5.95 Å². The van der Waals surface area contributed by atoms with Crippen LogP contribution < -0.4 is 10.2 Å². The Kier molecular flexibility index (Phi) is 4.53. The van der Waals surface area contributed by atoms with E-state index in [1.165, 1.54) is 18.3 Å². The highest BCUT2D eigenvalue weighted by Crippen LogP contribution is 2.30. The molecule has 23 heavy (non-hydrogen) atoms. The van der Waals surface area contributed by atoms with Crippen molar-refractivity contribution in [3.63, 3.8) is 0 Å². The topological polar surface area (TPSA) is 58.1 Å². The maximum Gasteiger partial charge on any atom is 0.416 e. The molecule has 0 aliphatic carbocycles. The number of aromatic nitrogens is 2. The molecule has 0 saturated heterocycles. The van der Waals surface area contributed by atoms with Crippen molar-refractivity contribution in [3.8, 4) is 0 Å². The van der Waals surface area contributed by atoms with Gasteiger partial charge in [0.1, 0.15) is 0 Å². The fourth-order valence-corrected chi connectivity index (χ4v) is 1.86. The van der Waals surface area contributed by atoms with Crippen LogP contribution in [0.2, 0.25) is 0 Å². The highest BCUT2D eigenvalue weighted by atomic mass is 19.4. The van der Waals surface area contributed by atoms with E-state index in [0.29, 0.717) is 11.6 Å². The molecule has 1 aromatic heterocycles. The van der Waals surface area contributed by atoms with Crippen LogP contribution in [0.15, 0.2) is 30.5 Å². The van der Waals surface area contributed by atoms with E-state index >= 15 is 0 Å². The van der Waals surface area contributed by atoms with Gasteiger partial charge < -0.3 is 10.2 Å². The zero-order valence-corrected chi connectivity index (χ0v) is 12.8. The monoisotopic (exact) mass is 324 g/mol. The fourth-order valence-electron chi connectivity index (χ4n) is 1.86. The largest absolute Gasteiger partial charge is 0.416 e. The Morgan fingerprint density at radius 1 is 1.26 bits per heavy atom. The van der Waals surface area contributed by atoms with Crippen LogP contribution in [0.5, 0.6) is 0 Å². The van der Waals surface area contributed by atoms with Crippen molar-refractivity contribution >= 4 is 17.5 Å². The first-order valence-corrected chi connectivity index (χ1v) is 6.68. The Hall–Kier alpha value is -2.64. The molecule has 0 aliphatic heterocycles. The van der Waals surface area contributed by atoms with Gasteiger partial charge in [0.25, 0.3) is 5.91 Å². The van der Waals surface area contributed by atoms with Crippen molar-refractivity contribution in [2.24, 2.45) is 0 Å². The number of amides is 1. The number of nitrogens with one attached hydrogen (secondary N) is 1. The molecular weight excluding hydrogens is 309 g/mol. The van der Waals surface area contributed by atoms with Gasteiger partial charge in [-0.25, -0.2) is 9.97 Å². The van der Waals surface area contributed by atoms with Crippen LogP contribution in [0, 0.1) is 6.92 Å². The molecule has 2 aromatic rings. The van der Waals surface area contributed by atoms with E-state index in [0.717, 1.165) is 12.1 Å². The predicted octanol–water partition coefficient (Wildman–Crippen LogP) is 3.12. The number of halogens is 3. The molecule has 8 heteroatoms. The fraction of sp³-hybridized carbons (Fsp3) is 0.267. The van der Waals surface area contributed by atoms with Crippen LogP contribution in [0.4, 0.5) is 24.8 Å². The number of anilines is 2. The van der Waals surface area contributed by atoms with Crippen LogP contribution in [0.25, 0.3) is 0 Å². The molecule has 0 bridgehead atoms. The average Bonchev–Trinajstić information content (AvgIpc) is 2.46. The molecule has 122 valence electrons. The summed E-state index contributed by atoms with van der Waals surface area (Å²) in [4.78, 5) is 22.1. The van der Waals surface area contributed by atoms with Gasteiger partial charge in [0, 0.05) is 26.0 Å². The average molecular weight is 324 g/mol. The first-order chi connectivity index (χ1) is 10.7. The molecule has 0 radical (unpaired) electrons. The second kappa shape index (κ2) is 6.23. The van der Waals surface area contributed by atoms with Crippen molar-refractivity contribution in [1.82, 2.24) is 9.97 Å². The number of hydrogen-bond acceptors (Lipinski definition) is 4. The third-order valence-electron chi connectivity index (χ3n) is 3.06. The minimum absolute atomic E-state index is 0.0564. The van der Waals surface area contributed by atoms with Crippen molar-refractivity contribution in [1.29, 1.82) is 0 Å². The van der Waals surface area contributed by atoms with Gasteiger partial charge >= 0.3 is 6.18 Å². The molecule has 0 aliphatic rings. The van der Waals surface area contributed by atoms with E-state index < -0.39 is 17.6 Å². The molecule has 0 spiro atoms. The van der Waals surface area contributed by atoms with Crippen LogP contribution in [-0.2, 0) is 6.18 Å². The molecule has 1 heterocycles. The normalized spacial score (nSPS) is 11.2. The third-order valence-corrected chi connectivity index (χ3v) is 3.06. The van der Waals surface area contributed by atoms with Gasteiger partial charge in [0.05, 0.1) is 16.8 Å². The summed E-state index contributed by atoms with van der Waals surface area (Å²) >= 11 is 0. The first kappa shape index (κ1) is 16.7.